The number of carbonyl (C=O) groups excluding carboxylic acids is 1. The third-order valence-electron chi connectivity index (χ3n) is 2.16. The first-order valence-corrected chi connectivity index (χ1v) is 5.49. The van der Waals surface area contributed by atoms with Gasteiger partial charge in [-0.15, -0.1) is 0 Å². The fourth-order valence-electron chi connectivity index (χ4n) is 1.38. The number of benzene rings is 1. The summed E-state index contributed by atoms with van der Waals surface area (Å²) in [5.74, 6) is -0.625. The molecule has 6 heteroatoms. The molecule has 0 spiro atoms. The number of carbonyl (C=O) groups is 1. The molecule has 0 bridgehead atoms. The van der Waals surface area contributed by atoms with E-state index in [2.05, 4.69) is 5.32 Å². The van der Waals surface area contributed by atoms with Crippen LogP contribution in [-0.2, 0) is 9.53 Å². The van der Waals surface area contributed by atoms with E-state index >= 15 is 0 Å². The number of nitrogens with one attached hydrogen (secondary N) is 1. The predicted molar refractivity (Wildman–Crippen MR) is 65.8 cm³/mol. The highest BCUT2D eigenvalue weighted by atomic mass is 19.1. The average molecular weight is 256 g/mol. The Bertz CT molecular complexity index is 412. The number of nitrogen functional groups attached to an aromatic ring is 1. The molecule has 0 saturated carbocycles. The van der Waals surface area contributed by atoms with Crippen LogP contribution in [0.5, 0.6) is 5.75 Å². The van der Waals surface area contributed by atoms with Crippen LogP contribution in [0.3, 0.4) is 0 Å². The number of hydrogen-bond donors (Lipinski definition) is 2. The van der Waals surface area contributed by atoms with Crippen molar-refractivity contribution in [2.75, 3.05) is 26.1 Å². The fourth-order valence-corrected chi connectivity index (χ4v) is 1.38. The van der Waals surface area contributed by atoms with E-state index in [1.165, 1.54) is 12.1 Å². The van der Waals surface area contributed by atoms with Crippen LogP contribution in [0, 0.1) is 5.82 Å². The van der Waals surface area contributed by atoms with Gasteiger partial charge in [-0.25, -0.2) is 4.39 Å². The summed E-state index contributed by atoms with van der Waals surface area (Å²) >= 11 is 0. The fraction of sp³-hybridized carbons (Fsp3) is 0.417. The van der Waals surface area contributed by atoms with Crippen LogP contribution < -0.4 is 15.8 Å². The minimum Gasteiger partial charge on any atom is -0.482 e. The van der Waals surface area contributed by atoms with Gasteiger partial charge in [-0.2, -0.15) is 0 Å². The third kappa shape index (κ3) is 4.58. The summed E-state index contributed by atoms with van der Waals surface area (Å²) in [6.07, 6.45) is 0. The highest BCUT2D eigenvalue weighted by Crippen LogP contribution is 2.21. The molecule has 18 heavy (non-hydrogen) atoms. The Morgan fingerprint density at radius 3 is 2.94 bits per heavy atom. The number of ether oxygens (including phenoxy) is 2. The minimum atomic E-state index is -0.465. The molecule has 0 radical (unpaired) electrons. The number of hydrogen-bond acceptors (Lipinski definition) is 4. The second-order valence-electron chi connectivity index (χ2n) is 3.89. The number of nitrogens with two attached hydrogens (primary N) is 1. The van der Waals surface area contributed by atoms with E-state index in [0.717, 1.165) is 6.07 Å². The van der Waals surface area contributed by atoms with E-state index in [9.17, 15) is 9.18 Å². The molecule has 0 heterocycles. The maximum absolute atomic E-state index is 12.9. The van der Waals surface area contributed by atoms with Crippen molar-refractivity contribution in [2.45, 2.75) is 13.0 Å². The molecule has 0 aliphatic carbocycles. The first-order chi connectivity index (χ1) is 8.52. The number of anilines is 1. The smallest absolute Gasteiger partial charge is 0.258 e. The van der Waals surface area contributed by atoms with E-state index < -0.39 is 5.82 Å². The molecule has 100 valence electrons. The van der Waals surface area contributed by atoms with E-state index in [-0.39, 0.29) is 30.0 Å². The van der Waals surface area contributed by atoms with Crippen LogP contribution in [0.4, 0.5) is 10.1 Å². The quantitative estimate of drug-likeness (QED) is 0.743. The lowest BCUT2D eigenvalue weighted by atomic mass is 10.3. The Labute approximate surface area is 105 Å². The zero-order valence-electron chi connectivity index (χ0n) is 10.4. The molecule has 5 nitrogen and oxygen atoms in total. The molecule has 0 aliphatic heterocycles. The number of halogens is 1. The molecule has 1 atom stereocenters. The SMILES string of the molecule is COCC(C)NC(=O)COc1cc(F)ccc1N. The molecule has 1 rings (SSSR count). The monoisotopic (exact) mass is 256 g/mol. The van der Waals surface area contributed by atoms with Gasteiger partial charge in [0, 0.05) is 19.2 Å². The lowest BCUT2D eigenvalue weighted by Crippen LogP contribution is -2.38. The molecule has 1 unspecified atom stereocenters. The van der Waals surface area contributed by atoms with Crippen molar-refractivity contribution >= 4 is 11.6 Å². The van der Waals surface area contributed by atoms with Gasteiger partial charge in [-0.3, -0.25) is 4.79 Å². The molecule has 1 aromatic rings. The molecular weight excluding hydrogens is 239 g/mol. The maximum atomic E-state index is 12.9. The van der Waals surface area contributed by atoms with Crippen LogP contribution in [0.2, 0.25) is 0 Å². The van der Waals surface area contributed by atoms with Crippen molar-refractivity contribution in [3.63, 3.8) is 0 Å². The number of amides is 1. The zero-order chi connectivity index (χ0) is 13.5. The van der Waals surface area contributed by atoms with Gasteiger partial charge in [0.2, 0.25) is 0 Å². The summed E-state index contributed by atoms with van der Waals surface area (Å²) in [7, 11) is 1.55. The molecule has 0 aliphatic rings. The summed E-state index contributed by atoms with van der Waals surface area (Å²) in [5.41, 5.74) is 5.87. The largest absolute Gasteiger partial charge is 0.482 e. The van der Waals surface area contributed by atoms with Crippen LogP contribution in [0.25, 0.3) is 0 Å². The Morgan fingerprint density at radius 1 is 1.56 bits per heavy atom. The van der Waals surface area contributed by atoms with Gasteiger partial charge in [-0.05, 0) is 19.1 Å². The first-order valence-electron chi connectivity index (χ1n) is 5.49. The van der Waals surface area contributed by atoms with Gasteiger partial charge < -0.3 is 20.5 Å². The van der Waals surface area contributed by atoms with Crippen LogP contribution in [-0.4, -0.2) is 32.3 Å². The normalized spacial score (nSPS) is 11.9. The second kappa shape index (κ2) is 6.80. The van der Waals surface area contributed by atoms with E-state index in [1.807, 2.05) is 0 Å². The van der Waals surface area contributed by atoms with Crippen LogP contribution >= 0.6 is 0 Å². The Morgan fingerprint density at radius 2 is 2.28 bits per heavy atom. The molecule has 0 saturated heterocycles. The molecule has 0 aromatic heterocycles. The minimum absolute atomic E-state index is 0.115. The zero-order valence-corrected chi connectivity index (χ0v) is 10.4. The van der Waals surface area contributed by atoms with Gasteiger partial charge >= 0.3 is 0 Å². The van der Waals surface area contributed by atoms with Gasteiger partial charge in [-0.1, -0.05) is 0 Å². The number of rotatable bonds is 6. The Kier molecular flexibility index (Phi) is 5.38. The molecular formula is C12H17FN2O3. The van der Waals surface area contributed by atoms with Gasteiger partial charge in [0.05, 0.1) is 12.3 Å². The summed E-state index contributed by atoms with van der Waals surface area (Å²) < 4.78 is 22.9. The van der Waals surface area contributed by atoms with Gasteiger partial charge in [0.25, 0.3) is 5.91 Å². The third-order valence-corrected chi connectivity index (χ3v) is 2.16. The first kappa shape index (κ1) is 14.2. The van der Waals surface area contributed by atoms with Crippen molar-refractivity contribution in [2.24, 2.45) is 0 Å². The van der Waals surface area contributed by atoms with Crippen LogP contribution in [0.15, 0.2) is 18.2 Å². The Hall–Kier alpha value is -1.82. The van der Waals surface area contributed by atoms with Crippen molar-refractivity contribution in [3.8, 4) is 5.75 Å². The van der Waals surface area contributed by atoms with Crippen molar-refractivity contribution in [1.29, 1.82) is 0 Å². The lowest BCUT2D eigenvalue weighted by molar-refractivity contribution is -0.124. The van der Waals surface area contributed by atoms with E-state index in [1.54, 1.807) is 14.0 Å². The van der Waals surface area contributed by atoms with Gasteiger partial charge in [0.1, 0.15) is 11.6 Å². The second-order valence-corrected chi connectivity index (χ2v) is 3.89. The van der Waals surface area contributed by atoms with E-state index in [4.69, 9.17) is 15.2 Å². The van der Waals surface area contributed by atoms with Crippen molar-refractivity contribution in [3.05, 3.63) is 24.0 Å². The highest BCUT2D eigenvalue weighted by molar-refractivity contribution is 5.78. The molecule has 1 amide bonds. The van der Waals surface area contributed by atoms with Crippen molar-refractivity contribution in [1.82, 2.24) is 5.32 Å². The standard InChI is InChI=1S/C12H17FN2O3/c1-8(6-17-2)15-12(16)7-18-11-5-9(13)3-4-10(11)14/h3-5,8H,6-7,14H2,1-2H3,(H,15,16). The van der Waals surface area contributed by atoms with Crippen LogP contribution in [0.1, 0.15) is 6.92 Å². The highest BCUT2D eigenvalue weighted by Gasteiger charge is 2.09. The number of methoxy groups -OCH3 is 1. The lowest BCUT2D eigenvalue weighted by Gasteiger charge is -2.13. The predicted octanol–water partition coefficient (Wildman–Crippen LogP) is 0.938. The topological polar surface area (TPSA) is 73.6 Å². The van der Waals surface area contributed by atoms with Crippen molar-refractivity contribution < 1.29 is 18.7 Å². The summed E-state index contributed by atoms with van der Waals surface area (Å²) in [6, 6.07) is 3.64. The van der Waals surface area contributed by atoms with Gasteiger partial charge in [0.15, 0.2) is 6.61 Å². The maximum Gasteiger partial charge on any atom is 0.258 e. The molecule has 3 N–H and O–H groups in total. The summed E-state index contributed by atoms with van der Waals surface area (Å²) in [6.45, 7) is 1.99. The molecule has 0 fully saturated rings. The average Bonchev–Trinajstić information content (AvgIpc) is 2.30. The summed E-state index contributed by atoms with van der Waals surface area (Å²) in [5, 5.41) is 2.66. The molecule has 1 aromatic carbocycles. The summed E-state index contributed by atoms with van der Waals surface area (Å²) in [4.78, 5) is 11.5. The van der Waals surface area contributed by atoms with E-state index in [0.29, 0.717) is 6.61 Å². The Balaban J connectivity index is 2.45.